The van der Waals surface area contributed by atoms with Crippen LogP contribution in [0.1, 0.15) is 31.4 Å². The topological polar surface area (TPSA) is 101 Å². The summed E-state index contributed by atoms with van der Waals surface area (Å²) in [5.41, 5.74) is 0.766. The van der Waals surface area contributed by atoms with Crippen LogP contribution in [0.15, 0.2) is 58.3 Å². The Balaban J connectivity index is 1.67. The van der Waals surface area contributed by atoms with Gasteiger partial charge in [-0.15, -0.1) is 0 Å². The van der Waals surface area contributed by atoms with Crippen molar-refractivity contribution in [2.75, 3.05) is 19.3 Å². The third-order valence-corrected chi connectivity index (χ3v) is 8.63. The molecule has 1 fully saturated rings. The van der Waals surface area contributed by atoms with Crippen molar-refractivity contribution in [1.29, 1.82) is 0 Å². The Morgan fingerprint density at radius 3 is 2.19 bits per heavy atom. The number of rotatable bonds is 6. The van der Waals surface area contributed by atoms with E-state index in [-0.39, 0.29) is 28.3 Å². The van der Waals surface area contributed by atoms with E-state index in [0.717, 1.165) is 11.8 Å². The van der Waals surface area contributed by atoms with Gasteiger partial charge >= 0.3 is 0 Å². The molecule has 0 radical (unpaired) electrons. The molecule has 1 saturated heterocycles. The minimum atomic E-state index is -3.71. The molecule has 1 amide bonds. The lowest BCUT2D eigenvalue weighted by Crippen LogP contribution is -2.45. The number of sulfone groups is 1. The van der Waals surface area contributed by atoms with E-state index < -0.39 is 25.8 Å². The van der Waals surface area contributed by atoms with Crippen LogP contribution < -0.4 is 5.32 Å². The molecule has 1 aliphatic heterocycles. The predicted molar refractivity (Wildman–Crippen MR) is 119 cm³/mol. The van der Waals surface area contributed by atoms with Gasteiger partial charge in [-0.2, -0.15) is 4.31 Å². The van der Waals surface area contributed by atoms with Crippen LogP contribution in [0.4, 0.5) is 0 Å². The molecule has 1 N–H and O–H groups in total. The van der Waals surface area contributed by atoms with Crippen LogP contribution in [0, 0.1) is 5.92 Å². The van der Waals surface area contributed by atoms with Crippen molar-refractivity contribution in [3.63, 3.8) is 0 Å². The molecule has 0 bridgehead atoms. The number of piperidine rings is 1. The molecule has 2 aromatic carbocycles. The smallest absolute Gasteiger partial charge is 0.243 e. The van der Waals surface area contributed by atoms with Crippen LogP contribution in [0.2, 0.25) is 5.02 Å². The number of amides is 1. The number of nitrogens with one attached hydrogen (secondary N) is 1. The Hall–Kier alpha value is -1.94. The molecule has 1 aliphatic rings. The molecular weight excluding hydrogens is 460 g/mol. The molecule has 0 spiro atoms. The Morgan fingerprint density at radius 2 is 1.61 bits per heavy atom. The van der Waals surface area contributed by atoms with Gasteiger partial charge in [0, 0.05) is 24.4 Å². The van der Waals surface area contributed by atoms with Gasteiger partial charge in [0.1, 0.15) is 0 Å². The van der Waals surface area contributed by atoms with Crippen LogP contribution >= 0.6 is 11.6 Å². The van der Waals surface area contributed by atoms with Crippen LogP contribution in [-0.2, 0) is 24.7 Å². The maximum atomic E-state index is 12.9. The first-order chi connectivity index (χ1) is 14.5. The molecule has 0 aromatic heterocycles. The number of benzene rings is 2. The molecule has 0 aliphatic carbocycles. The van der Waals surface area contributed by atoms with Crippen molar-refractivity contribution in [3.05, 3.63) is 59.1 Å². The third kappa shape index (κ3) is 5.65. The van der Waals surface area contributed by atoms with E-state index in [9.17, 15) is 21.6 Å². The Kier molecular flexibility index (Phi) is 7.10. The summed E-state index contributed by atoms with van der Waals surface area (Å²) in [6.07, 6.45) is 2.32. The highest BCUT2D eigenvalue weighted by atomic mass is 35.5. The van der Waals surface area contributed by atoms with Gasteiger partial charge in [0.2, 0.25) is 15.9 Å². The lowest BCUT2D eigenvalue weighted by molar-refractivity contribution is -0.126. The number of hydrogen-bond acceptors (Lipinski definition) is 5. The Bertz CT molecular complexity index is 1150. The number of sulfonamides is 1. The second kappa shape index (κ2) is 9.28. The average molecular weight is 485 g/mol. The summed E-state index contributed by atoms with van der Waals surface area (Å²) < 4.78 is 50.4. The summed E-state index contributed by atoms with van der Waals surface area (Å²) in [4.78, 5) is 13.2. The van der Waals surface area contributed by atoms with Crippen LogP contribution in [0.5, 0.6) is 0 Å². The van der Waals surface area contributed by atoms with Crippen molar-refractivity contribution in [3.8, 4) is 0 Å². The monoisotopic (exact) mass is 484 g/mol. The first-order valence-electron chi connectivity index (χ1n) is 9.84. The van der Waals surface area contributed by atoms with Crippen molar-refractivity contribution < 1.29 is 21.6 Å². The van der Waals surface area contributed by atoms with E-state index in [1.54, 1.807) is 19.1 Å². The fraction of sp³-hybridized carbons (Fsp3) is 0.381. The van der Waals surface area contributed by atoms with Crippen LogP contribution in [0.25, 0.3) is 0 Å². The van der Waals surface area contributed by atoms with Gasteiger partial charge < -0.3 is 5.32 Å². The first-order valence-corrected chi connectivity index (χ1v) is 13.6. The quantitative estimate of drug-likeness (QED) is 0.679. The van der Waals surface area contributed by atoms with Gasteiger partial charge in [0.15, 0.2) is 9.84 Å². The second-order valence-electron chi connectivity index (χ2n) is 7.73. The SMILES string of the molecule is C[C@@H](NC(=O)[C@@H]1CCCN(S(=O)(=O)c2ccc(Cl)cc2)C1)c1ccc(S(C)(=O)=O)cc1. The summed E-state index contributed by atoms with van der Waals surface area (Å²) in [6.45, 7) is 2.27. The summed E-state index contributed by atoms with van der Waals surface area (Å²) in [6, 6.07) is 12.0. The molecule has 3 rings (SSSR count). The zero-order valence-electron chi connectivity index (χ0n) is 17.3. The molecule has 2 aromatic rings. The number of nitrogens with zero attached hydrogens (tertiary/aromatic N) is 1. The van der Waals surface area contributed by atoms with Crippen LogP contribution in [-0.4, -0.2) is 46.4 Å². The highest BCUT2D eigenvalue weighted by Gasteiger charge is 2.33. The third-order valence-electron chi connectivity index (χ3n) is 5.37. The van der Waals surface area contributed by atoms with E-state index in [1.807, 2.05) is 0 Å². The molecule has 0 unspecified atom stereocenters. The minimum absolute atomic E-state index is 0.108. The van der Waals surface area contributed by atoms with E-state index in [0.29, 0.717) is 24.4 Å². The van der Waals surface area contributed by atoms with Gasteiger partial charge in [0.25, 0.3) is 0 Å². The molecule has 7 nitrogen and oxygen atoms in total. The number of carbonyl (C=O) groups is 1. The molecule has 0 saturated carbocycles. The summed E-state index contributed by atoms with van der Waals surface area (Å²) >= 11 is 5.85. The average Bonchev–Trinajstić information content (AvgIpc) is 2.73. The van der Waals surface area contributed by atoms with Gasteiger partial charge in [-0.25, -0.2) is 16.8 Å². The molecule has 168 valence electrons. The fourth-order valence-corrected chi connectivity index (χ4v) is 5.83. The number of halogens is 1. The van der Waals surface area contributed by atoms with Crippen molar-refractivity contribution >= 4 is 37.4 Å². The first kappa shape index (κ1) is 23.7. The number of hydrogen-bond donors (Lipinski definition) is 1. The van der Waals surface area contributed by atoms with E-state index in [2.05, 4.69) is 5.32 Å². The van der Waals surface area contributed by atoms with Gasteiger partial charge in [0.05, 0.1) is 21.8 Å². The van der Waals surface area contributed by atoms with Crippen molar-refractivity contribution in [2.45, 2.75) is 35.6 Å². The highest BCUT2D eigenvalue weighted by Crippen LogP contribution is 2.26. The van der Waals surface area contributed by atoms with Gasteiger partial charge in [-0.05, 0) is 61.7 Å². The van der Waals surface area contributed by atoms with Crippen LogP contribution in [0.3, 0.4) is 0 Å². The minimum Gasteiger partial charge on any atom is -0.349 e. The van der Waals surface area contributed by atoms with Gasteiger partial charge in [-0.1, -0.05) is 23.7 Å². The number of carbonyl (C=O) groups excluding carboxylic acids is 1. The Morgan fingerprint density at radius 1 is 1.03 bits per heavy atom. The van der Waals surface area contributed by atoms with Crippen molar-refractivity contribution in [1.82, 2.24) is 9.62 Å². The highest BCUT2D eigenvalue weighted by molar-refractivity contribution is 7.90. The fourth-order valence-electron chi connectivity index (χ4n) is 3.55. The summed E-state index contributed by atoms with van der Waals surface area (Å²) in [7, 11) is -6.99. The predicted octanol–water partition coefficient (Wildman–Crippen LogP) is 3.02. The standard InChI is InChI=1S/C21H25ClN2O5S2/c1-15(16-5-9-19(10-6-16)30(2,26)27)23-21(25)17-4-3-13-24(14-17)31(28,29)20-11-7-18(22)8-12-20/h5-12,15,17H,3-4,13-14H2,1-2H3,(H,23,25)/t15-,17-/m1/s1. The summed E-state index contributed by atoms with van der Waals surface area (Å²) in [5, 5.41) is 3.37. The maximum absolute atomic E-state index is 12.9. The maximum Gasteiger partial charge on any atom is 0.243 e. The van der Waals surface area contributed by atoms with Gasteiger partial charge in [-0.3, -0.25) is 4.79 Å². The molecule has 10 heteroatoms. The largest absolute Gasteiger partial charge is 0.349 e. The zero-order chi connectivity index (χ0) is 22.8. The molecule has 31 heavy (non-hydrogen) atoms. The lowest BCUT2D eigenvalue weighted by Gasteiger charge is -2.32. The molecule has 1 heterocycles. The van der Waals surface area contributed by atoms with E-state index in [4.69, 9.17) is 11.6 Å². The lowest BCUT2D eigenvalue weighted by atomic mass is 9.98. The van der Waals surface area contributed by atoms with E-state index in [1.165, 1.54) is 40.7 Å². The normalized spacial score (nSPS) is 19.0. The van der Waals surface area contributed by atoms with Crippen molar-refractivity contribution in [2.24, 2.45) is 5.92 Å². The molecule has 2 atom stereocenters. The van der Waals surface area contributed by atoms with E-state index >= 15 is 0 Å². The second-order valence-corrected chi connectivity index (χ2v) is 12.1. The molecular formula is C21H25ClN2O5S2. The zero-order valence-corrected chi connectivity index (χ0v) is 19.7. The summed E-state index contributed by atoms with van der Waals surface area (Å²) in [5.74, 6) is -0.690. The Labute approximate surface area is 188 Å².